The topological polar surface area (TPSA) is 74.6 Å². The lowest BCUT2D eigenvalue weighted by atomic mass is 10.3. The Morgan fingerprint density at radius 2 is 1.77 bits per heavy atom. The molecule has 0 heterocycles. The van der Waals surface area contributed by atoms with Crippen LogP contribution >= 0.6 is 0 Å². The highest BCUT2D eigenvalue weighted by atomic mass is 32.2. The molecule has 0 aliphatic rings. The predicted octanol–water partition coefficient (Wildman–Crippen LogP) is 1.44. The lowest BCUT2D eigenvalue weighted by molar-refractivity contribution is 0.466. The standard InChI is InChI=1S/C6H6O4S.C2H4/c7-5-2-1-3-6(4-5)11(8,9)10;1-2/h1-4,7H,(H,8,9,10);1-2H2. The summed E-state index contributed by atoms with van der Waals surface area (Å²) in [6.07, 6.45) is 0. The van der Waals surface area contributed by atoms with Crippen LogP contribution in [0.5, 0.6) is 5.75 Å². The van der Waals surface area contributed by atoms with Crippen LogP contribution in [0.4, 0.5) is 0 Å². The Hall–Kier alpha value is -1.33. The number of hydrogen-bond acceptors (Lipinski definition) is 3. The van der Waals surface area contributed by atoms with E-state index >= 15 is 0 Å². The van der Waals surface area contributed by atoms with Crippen LogP contribution in [-0.2, 0) is 10.1 Å². The predicted molar refractivity (Wildman–Crippen MR) is 49.2 cm³/mol. The lowest BCUT2D eigenvalue weighted by Crippen LogP contribution is -1.96. The molecule has 2 N–H and O–H groups in total. The monoisotopic (exact) mass is 202 g/mol. The highest BCUT2D eigenvalue weighted by Crippen LogP contribution is 2.14. The van der Waals surface area contributed by atoms with Gasteiger partial charge in [-0.2, -0.15) is 8.42 Å². The third-order valence-corrected chi connectivity index (χ3v) is 1.97. The number of phenolic OH excluding ortho intramolecular Hbond substituents is 1. The third-order valence-electron chi connectivity index (χ3n) is 1.12. The summed E-state index contributed by atoms with van der Waals surface area (Å²) in [5.41, 5.74) is 0. The Balaban J connectivity index is 0.000000671. The van der Waals surface area contributed by atoms with Crippen LogP contribution in [0.3, 0.4) is 0 Å². The quantitative estimate of drug-likeness (QED) is 0.533. The summed E-state index contributed by atoms with van der Waals surface area (Å²) >= 11 is 0. The van der Waals surface area contributed by atoms with Crippen LogP contribution in [0, 0.1) is 0 Å². The van der Waals surface area contributed by atoms with Gasteiger partial charge in [-0.3, -0.25) is 4.55 Å². The van der Waals surface area contributed by atoms with E-state index in [0.29, 0.717) is 0 Å². The SMILES string of the molecule is C=C.O=S(=O)(O)c1cccc(O)c1. The summed E-state index contributed by atoms with van der Waals surface area (Å²) in [7, 11) is -4.19. The van der Waals surface area contributed by atoms with Crippen LogP contribution in [0.25, 0.3) is 0 Å². The number of aromatic hydroxyl groups is 1. The minimum Gasteiger partial charge on any atom is -0.508 e. The van der Waals surface area contributed by atoms with Gasteiger partial charge in [0, 0.05) is 6.07 Å². The van der Waals surface area contributed by atoms with Crippen molar-refractivity contribution in [2.45, 2.75) is 4.90 Å². The van der Waals surface area contributed by atoms with Crippen LogP contribution in [0.15, 0.2) is 42.3 Å². The molecule has 0 amide bonds. The molecule has 0 aliphatic carbocycles. The summed E-state index contributed by atoms with van der Waals surface area (Å²) in [5.74, 6) is -0.194. The second-order valence-electron chi connectivity index (χ2n) is 1.97. The first-order valence-corrected chi connectivity index (χ1v) is 4.71. The third kappa shape index (κ3) is 3.73. The van der Waals surface area contributed by atoms with Crippen LogP contribution in [0.2, 0.25) is 0 Å². The van der Waals surface area contributed by atoms with Crippen molar-refractivity contribution in [2.75, 3.05) is 0 Å². The molecule has 0 atom stereocenters. The molecule has 1 rings (SSSR count). The van der Waals surface area contributed by atoms with Gasteiger partial charge < -0.3 is 5.11 Å². The van der Waals surface area contributed by atoms with Crippen molar-refractivity contribution >= 4 is 10.1 Å². The molecule has 0 unspecified atom stereocenters. The smallest absolute Gasteiger partial charge is 0.294 e. The summed E-state index contributed by atoms with van der Waals surface area (Å²) in [4.78, 5) is -0.308. The van der Waals surface area contributed by atoms with Gasteiger partial charge in [0.05, 0.1) is 4.90 Å². The molecule has 13 heavy (non-hydrogen) atoms. The molecule has 0 aromatic heterocycles. The fraction of sp³-hybridized carbons (Fsp3) is 0. The number of hydrogen-bond donors (Lipinski definition) is 2. The van der Waals surface area contributed by atoms with E-state index in [4.69, 9.17) is 9.66 Å². The Labute approximate surface area is 76.9 Å². The van der Waals surface area contributed by atoms with Gasteiger partial charge in [0.2, 0.25) is 0 Å². The molecule has 4 nitrogen and oxygen atoms in total. The van der Waals surface area contributed by atoms with E-state index < -0.39 is 10.1 Å². The second kappa shape index (κ2) is 4.64. The maximum Gasteiger partial charge on any atom is 0.294 e. The number of phenols is 1. The van der Waals surface area contributed by atoms with Crippen molar-refractivity contribution in [1.82, 2.24) is 0 Å². The molecular formula is C8H10O4S. The van der Waals surface area contributed by atoms with E-state index in [1.165, 1.54) is 18.2 Å². The molecule has 1 aromatic rings. The zero-order valence-corrected chi connectivity index (χ0v) is 7.66. The number of benzene rings is 1. The molecule has 0 saturated heterocycles. The van der Waals surface area contributed by atoms with Crippen molar-refractivity contribution in [2.24, 2.45) is 0 Å². The first-order chi connectivity index (χ1) is 6.00. The molecule has 0 bridgehead atoms. The average Bonchev–Trinajstić information content (AvgIpc) is 2.06. The lowest BCUT2D eigenvalue weighted by Gasteiger charge is -1.95. The van der Waals surface area contributed by atoms with E-state index in [-0.39, 0.29) is 10.6 Å². The summed E-state index contributed by atoms with van der Waals surface area (Å²) in [6, 6.07) is 4.80. The zero-order valence-electron chi connectivity index (χ0n) is 6.84. The van der Waals surface area contributed by atoms with Gasteiger partial charge in [-0.1, -0.05) is 6.07 Å². The molecule has 0 spiro atoms. The zero-order chi connectivity index (χ0) is 10.5. The Morgan fingerprint density at radius 1 is 1.23 bits per heavy atom. The van der Waals surface area contributed by atoms with E-state index in [9.17, 15) is 8.42 Å². The van der Waals surface area contributed by atoms with Gasteiger partial charge >= 0.3 is 0 Å². The molecule has 0 fully saturated rings. The van der Waals surface area contributed by atoms with Gasteiger partial charge in [0.25, 0.3) is 10.1 Å². The normalized spacial score (nSPS) is 9.92. The number of rotatable bonds is 1. The molecule has 0 saturated carbocycles. The molecule has 0 radical (unpaired) electrons. The fourth-order valence-corrected chi connectivity index (χ4v) is 1.16. The second-order valence-corrected chi connectivity index (χ2v) is 3.39. The van der Waals surface area contributed by atoms with Crippen molar-refractivity contribution in [3.8, 4) is 5.75 Å². The fourth-order valence-electron chi connectivity index (χ4n) is 0.644. The van der Waals surface area contributed by atoms with E-state index in [0.717, 1.165) is 6.07 Å². The Kier molecular flexibility index (Phi) is 4.16. The minimum atomic E-state index is -4.19. The van der Waals surface area contributed by atoms with Gasteiger partial charge in [0.1, 0.15) is 5.75 Å². The van der Waals surface area contributed by atoms with Crippen molar-refractivity contribution in [1.29, 1.82) is 0 Å². The maximum atomic E-state index is 10.4. The van der Waals surface area contributed by atoms with E-state index in [1.54, 1.807) is 0 Å². The van der Waals surface area contributed by atoms with Crippen LogP contribution in [0.1, 0.15) is 0 Å². The van der Waals surface area contributed by atoms with E-state index in [1.807, 2.05) is 0 Å². The van der Waals surface area contributed by atoms with E-state index in [2.05, 4.69) is 13.2 Å². The molecule has 1 aromatic carbocycles. The van der Waals surface area contributed by atoms with Gasteiger partial charge in [-0.25, -0.2) is 0 Å². The highest BCUT2D eigenvalue weighted by Gasteiger charge is 2.08. The molecular weight excluding hydrogens is 192 g/mol. The Bertz CT molecular complexity index is 369. The average molecular weight is 202 g/mol. The minimum absolute atomic E-state index is 0.194. The largest absolute Gasteiger partial charge is 0.508 e. The first-order valence-electron chi connectivity index (χ1n) is 3.27. The molecule has 0 aliphatic heterocycles. The Morgan fingerprint density at radius 3 is 2.08 bits per heavy atom. The van der Waals surface area contributed by atoms with Crippen LogP contribution in [-0.4, -0.2) is 18.1 Å². The van der Waals surface area contributed by atoms with Gasteiger partial charge in [-0.15, -0.1) is 13.2 Å². The molecule has 5 heteroatoms. The maximum absolute atomic E-state index is 10.4. The van der Waals surface area contributed by atoms with Crippen molar-refractivity contribution < 1.29 is 18.1 Å². The summed E-state index contributed by atoms with van der Waals surface area (Å²) in [5, 5.41) is 8.80. The summed E-state index contributed by atoms with van der Waals surface area (Å²) < 4.78 is 29.3. The van der Waals surface area contributed by atoms with Crippen molar-refractivity contribution in [3.05, 3.63) is 37.4 Å². The van der Waals surface area contributed by atoms with Crippen molar-refractivity contribution in [3.63, 3.8) is 0 Å². The molecule has 72 valence electrons. The summed E-state index contributed by atoms with van der Waals surface area (Å²) in [6.45, 7) is 6.00. The van der Waals surface area contributed by atoms with Crippen LogP contribution < -0.4 is 0 Å². The van der Waals surface area contributed by atoms with Gasteiger partial charge in [-0.05, 0) is 12.1 Å². The van der Waals surface area contributed by atoms with Gasteiger partial charge in [0.15, 0.2) is 0 Å². The highest BCUT2D eigenvalue weighted by molar-refractivity contribution is 7.85. The first kappa shape index (κ1) is 11.7.